The zero-order chi connectivity index (χ0) is 21.7. The Hall–Kier alpha value is -2.68. The van der Waals surface area contributed by atoms with Crippen LogP contribution in [0.2, 0.25) is 0 Å². The molecule has 3 aromatic rings. The third kappa shape index (κ3) is 4.72. The van der Waals surface area contributed by atoms with E-state index in [0.29, 0.717) is 16.6 Å². The number of carbonyl (C=O) groups excluding carboxylic acids is 2. The van der Waals surface area contributed by atoms with Gasteiger partial charge < -0.3 is 5.11 Å². The second-order valence-corrected chi connectivity index (χ2v) is 9.51. The minimum Gasteiger partial charge on any atom is -0.394 e. The molecule has 0 aliphatic heterocycles. The molecule has 6 nitrogen and oxygen atoms in total. The third-order valence-corrected chi connectivity index (χ3v) is 7.20. The minimum absolute atomic E-state index is 0.0311. The maximum Gasteiger partial charge on any atom is 0.265 e. The van der Waals surface area contributed by atoms with Gasteiger partial charge in [0.2, 0.25) is 0 Å². The first kappa shape index (κ1) is 22.0. The highest BCUT2D eigenvalue weighted by Crippen LogP contribution is 2.29. The molecule has 0 radical (unpaired) electrons. The summed E-state index contributed by atoms with van der Waals surface area (Å²) < 4.78 is 28.0. The molecular formula is C22H21NO5S2. The number of nitrogens with zero attached hydrogens (tertiary/aromatic N) is 1. The lowest BCUT2D eigenvalue weighted by Crippen LogP contribution is -2.33. The summed E-state index contributed by atoms with van der Waals surface area (Å²) in [7, 11) is -3.96. The molecule has 0 fully saturated rings. The van der Waals surface area contributed by atoms with Crippen LogP contribution in [0.15, 0.2) is 71.6 Å². The molecule has 0 aliphatic rings. The standard InChI is InChI=1S/C22H21NO5S2/c1-16(25)29-15-21(26)18-9-11-19(12-10-18)23(13-14-24)30(27,28)22-8-4-6-17-5-2-3-7-20(17)22/h2-12,24H,13-15H2,1H3. The summed E-state index contributed by atoms with van der Waals surface area (Å²) in [4.78, 5) is 23.4. The molecule has 0 heterocycles. The molecule has 30 heavy (non-hydrogen) atoms. The largest absolute Gasteiger partial charge is 0.394 e. The molecule has 0 spiro atoms. The summed E-state index contributed by atoms with van der Waals surface area (Å²) in [5, 5.41) is 10.7. The topological polar surface area (TPSA) is 91.8 Å². The molecule has 0 atom stereocenters. The highest BCUT2D eigenvalue weighted by atomic mass is 32.2. The number of hydrogen-bond acceptors (Lipinski definition) is 6. The molecule has 0 amide bonds. The molecule has 0 saturated heterocycles. The minimum atomic E-state index is -3.96. The fraction of sp³-hybridized carbons (Fsp3) is 0.182. The summed E-state index contributed by atoms with van der Waals surface area (Å²) in [5.74, 6) is -0.184. The van der Waals surface area contributed by atoms with Gasteiger partial charge in [-0.05, 0) is 35.7 Å². The van der Waals surface area contributed by atoms with E-state index in [1.807, 2.05) is 18.2 Å². The van der Waals surface area contributed by atoms with Crippen LogP contribution < -0.4 is 4.31 Å². The second kappa shape index (κ2) is 9.42. The molecule has 156 valence electrons. The van der Waals surface area contributed by atoms with Gasteiger partial charge in [-0.3, -0.25) is 13.9 Å². The van der Waals surface area contributed by atoms with Crippen molar-refractivity contribution in [3.63, 3.8) is 0 Å². The number of sulfonamides is 1. The quantitative estimate of drug-likeness (QED) is 0.536. The maximum atomic E-state index is 13.4. The number of hydrogen-bond donors (Lipinski definition) is 1. The Bertz CT molecular complexity index is 1170. The molecular weight excluding hydrogens is 422 g/mol. The van der Waals surface area contributed by atoms with Crippen molar-refractivity contribution in [2.75, 3.05) is 23.2 Å². The number of aliphatic hydroxyl groups excluding tert-OH is 1. The first-order valence-electron chi connectivity index (χ1n) is 9.22. The number of ketones is 1. The van der Waals surface area contributed by atoms with Crippen molar-refractivity contribution in [2.45, 2.75) is 11.8 Å². The molecule has 1 N–H and O–H groups in total. The van der Waals surface area contributed by atoms with E-state index in [4.69, 9.17) is 0 Å². The second-order valence-electron chi connectivity index (χ2n) is 6.53. The molecule has 0 saturated carbocycles. The van der Waals surface area contributed by atoms with E-state index in [-0.39, 0.29) is 34.7 Å². The predicted molar refractivity (Wildman–Crippen MR) is 119 cm³/mol. The molecule has 8 heteroatoms. The van der Waals surface area contributed by atoms with Gasteiger partial charge in [0.25, 0.3) is 10.0 Å². The Labute approximate surface area is 179 Å². The zero-order valence-electron chi connectivity index (χ0n) is 16.3. The van der Waals surface area contributed by atoms with Crippen LogP contribution in [0.25, 0.3) is 10.8 Å². The van der Waals surface area contributed by atoms with Crippen LogP contribution in [-0.2, 0) is 14.8 Å². The molecule has 0 unspecified atom stereocenters. The lowest BCUT2D eigenvalue weighted by Gasteiger charge is -2.24. The van der Waals surface area contributed by atoms with Gasteiger partial charge >= 0.3 is 0 Å². The highest BCUT2D eigenvalue weighted by molar-refractivity contribution is 8.14. The zero-order valence-corrected chi connectivity index (χ0v) is 17.9. The average molecular weight is 444 g/mol. The first-order chi connectivity index (χ1) is 14.3. The Balaban J connectivity index is 1.97. The fourth-order valence-electron chi connectivity index (χ4n) is 3.08. The number of rotatable bonds is 8. The summed E-state index contributed by atoms with van der Waals surface area (Å²) in [6, 6.07) is 18.4. The lowest BCUT2D eigenvalue weighted by atomic mass is 10.1. The van der Waals surface area contributed by atoms with Gasteiger partial charge in [-0.15, -0.1) is 0 Å². The molecule has 0 bridgehead atoms. The normalized spacial score (nSPS) is 11.4. The van der Waals surface area contributed by atoms with Crippen LogP contribution in [0, 0.1) is 0 Å². The molecule has 3 rings (SSSR count). The van der Waals surface area contributed by atoms with Gasteiger partial charge in [-0.1, -0.05) is 48.2 Å². The van der Waals surface area contributed by atoms with Gasteiger partial charge in [-0.2, -0.15) is 0 Å². The number of fused-ring (bicyclic) bond motifs is 1. The van der Waals surface area contributed by atoms with Crippen LogP contribution >= 0.6 is 11.8 Å². The van der Waals surface area contributed by atoms with Crippen molar-refractivity contribution in [1.82, 2.24) is 0 Å². The van der Waals surface area contributed by atoms with E-state index < -0.39 is 10.0 Å². The van der Waals surface area contributed by atoms with Crippen molar-refractivity contribution in [3.05, 3.63) is 72.3 Å². The predicted octanol–water partition coefficient (Wildman–Crippen LogP) is 3.49. The lowest BCUT2D eigenvalue weighted by molar-refractivity contribution is -0.109. The van der Waals surface area contributed by atoms with Crippen molar-refractivity contribution in [3.8, 4) is 0 Å². The van der Waals surface area contributed by atoms with E-state index in [1.54, 1.807) is 24.3 Å². The summed E-state index contributed by atoms with van der Waals surface area (Å²) in [6.45, 7) is 0.908. The third-order valence-electron chi connectivity index (χ3n) is 4.50. The van der Waals surface area contributed by atoms with Gasteiger partial charge in [0.15, 0.2) is 10.9 Å². The van der Waals surface area contributed by atoms with E-state index in [1.165, 1.54) is 31.2 Å². The van der Waals surface area contributed by atoms with Crippen molar-refractivity contribution in [2.24, 2.45) is 0 Å². The summed E-state index contributed by atoms with van der Waals surface area (Å²) >= 11 is 0.928. The average Bonchev–Trinajstić information content (AvgIpc) is 2.75. The number of carbonyl (C=O) groups is 2. The smallest absolute Gasteiger partial charge is 0.265 e. The molecule has 3 aromatic carbocycles. The van der Waals surface area contributed by atoms with Gasteiger partial charge in [0.1, 0.15) is 0 Å². The van der Waals surface area contributed by atoms with Crippen LogP contribution in [0.4, 0.5) is 5.69 Å². The Kier molecular flexibility index (Phi) is 6.91. The highest BCUT2D eigenvalue weighted by Gasteiger charge is 2.26. The van der Waals surface area contributed by atoms with Crippen LogP contribution in [0.5, 0.6) is 0 Å². The SMILES string of the molecule is CC(=O)SCC(=O)c1ccc(N(CCO)S(=O)(=O)c2cccc3ccccc23)cc1. The van der Waals surface area contributed by atoms with Crippen LogP contribution in [-0.4, -0.2) is 43.3 Å². The Morgan fingerprint density at radius 2 is 1.63 bits per heavy atom. The number of thioether (sulfide) groups is 1. The summed E-state index contributed by atoms with van der Waals surface area (Å²) in [5.41, 5.74) is 0.728. The van der Waals surface area contributed by atoms with E-state index in [2.05, 4.69) is 0 Å². The number of anilines is 1. The molecule has 0 aromatic heterocycles. The van der Waals surface area contributed by atoms with E-state index in [9.17, 15) is 23.1 Å². The van der Waals surface area contributed by atoms with E-state index in [0.717, 1.165) is 21.5 Å². The number of aliphatic hydroxyl groups is 1. The maximum absolute atomic E-state index is 13.4. The van der Waals surface area contributed by atoms with Gasteiger partial charge in [0.05, 0.1) is 29.5 Å². The van der Waals surface area contributed by atoms with E-state index >= 15 is 0 Å². The summed E-state index contributed by atoms with van der Waals surface area (Å²) in [6.07, 6.45) is 0. The number of Topliss-reactive ketones (excluding diaryl/α,β-unsaturated/α-hetero) is 1. The fourth-order valence-corrected chi connectivity index (χ4v) is 5.26. The van der Waals surface area contributed by atoms with Gasteiger partial charge in [0, 0.05) is 17.9 Å². The molecule has 0 aliphatic carbocycles. The van der Waals surface area contributed by atoms with Crippen LogP contribution in [0.3, 0.4) is 0 Å². The van der Waals surface area contributed by atoms with Crippen LogP contribution in [0.1, 0.15) is 17.3 Å². The van der Waals surface area contributed by atoms with Crippen molar-refractivity contribution in [1.29, 1.82) is 0 Å². The van der Waals surface area contributed by atoms with Crippen molar-refractivity contribution >= 4 is 49.1 Å². The Morgan fingerprint density at radius 3 is 2.30 bits per heavy atom. The monoisotopic (exact) mass is 443 g/mol. The first-order valence-corrected chi connectivity index (χ1v) is 11.6. The van der Waals surface area contributed by atoms with Crippen molar-refractivity contribution < 1.29 is 23.1 Å². The number of benzene rings is 3. The van der Waals surface area contributed by atoms with Gasteiger partial charge in [-0.25, -0.2) is 8.42 Å². The Morgan fingerprint density at radius 1 is 0.967 bits per heavy atom.